The van der Waals surface area contributed by atoms with Gasteiger partial charge < -0.3 is 83.0 Å². The SMILES string of the molecule is Cc1cc(N)cc(C(=O)OCc2ccc(C(N)=O)cc2)c1.Cc1cc(N)cc(C(=O)OCc2cccc(C(N)=O)c2)c1.Cc1cc(N)cc(C(=O)Oc2ccc(C(N)=O)cc2)c1.Cc1cc(N)cc(S(=O)(=O)CCc2ccc(C(N)=O)cc2)c1.Cc1cc(N)cc(S(=O)(=O)CCc2cccc(C(N)=O)c2)c1.Cc1cc(N)cc(S(=O)(=O)Cc2ccc(C(N)=O)cc2)c1. The van der Waals surface area contributed by atoms with Gasteiger partial charge in [0.05, 0.1) is 48.6 Å². The number of nitrogens with two attached hydrogens (primary N) is 12. The minimum Gasteiger partial charge on any atom is -0.457 e. The van der Waals surface area contributed by atoms with E-state index in [1.54, 1.807) is 221 Å². The second-order valence-corrected chi connectivity index (χ2v) is 35.5. The van der Waals surface area contributed by atoms with Gasteiger partial charge in [-0.25, -0.2) is 39.6 Å². The fraction of sp³-hybridized carbons (Fsp3) is 0.138. The third-order valence-corrected chi connectivity index (χ3v) is 23.3. The number of aryl methyl sites for hydroxylation is 8. The van der Waals surface area contributed by atoms with E-state index in [1.165, 1.54) is 54.6 Å². The van der Waals surface area contributed by atoms with Crippen LogP contribution in [0.3, 0.4) is 0 Å². The Hall–Kier alpha value is -15.5. The second-order valence-electron chi connectivity index (χ2n) is 29.3. The number of ether oxygens (including phenoxy) is 3. The van der Waals surface area contributed by atoms with Gasteiger partial charge in [0.15, 0.2) is 29.5 Å². The van der Waals surface area contributed by atoms with Crippen molar-refractivity contribution in [2.45, 2.75) is 88.0 Å². The summed E-state index contributed by atoms with van der Waals surface area (Å²) in [6.07, 6.45) is 0.659. The average Bonchev–Trinajstić information content (AvgIpc) is 0.780. The lowest BCUT2D eigenvalue weighted by atomic mass is 10.1. The largest absolute Gasteiger partial charge is 0.457 e. The van der Waals surface area contributed by atoms with Crippen molar-refractivity contribution in [2.75, 3.05) is 45.9 Å². The minimum atomic E-state index is -3.49. The molecule has 0 heterocycles. The molecular formula is C94H98N12O18S3. The summed E-state index contributed by atoms with van der Waals surface area (Å²) in [4.78, 5) is 103. The Morgan fingerprint density at radius 3 is 0.866 bits per heavy atom. The number of sulfone groups is 3. The molecule has 0 aliphatic heterocycles. The molecule has 12 aromatic rings. The van der Waals surface area contributed by atoms with Gasteiger partial charge >= 0.3 is 17.9 Å². The summed E-state index contributed by atoms with van der Waals surface area (Å²) in [6.45, 7) is 11.1. The van der Waals surface area contributed by atoms with Crippen LogP contribution in [0.5, 0.6) is 5.75 Å². The molecule has 0 fully saturated rings. The lowest BCUT2D eigenvalue weighted by Crippen LogP contribution is -2.13. The molecule has 0 aliphatic carbocycles. The highest BCUT2D eigenvalue weighted by Crippen LogP contribution is 2.26. The number of hydrogen-bond acceptors (Lipinski definition) is 24. The summed E-state index contributed by atoms with van der Waals surface area (Å²) in [5.41, 5.74) is 80.1. The second kappa shape index (κ2) is 45.1. The Balaban J connectivity index is 0.000000209. The van der Waals surface area contributed by atoms with Crippen LogP contribution in [0.1, 0.15) is 154 Å². The summed E-state index contributed by atoms with van der Waals surface area (Å²) < 4.78 is 89.9. The van der Waals surface area contributed by atoms with E-state index in [9.17, 15) is 68.4 Å². The smallest absolute Gasteiger partial charge is 0.343 e. The average molecular weight is 1780 g/mol. The predicted molar refractivity (Wildman–Crippen MR) is 489 cm³/mol. The van der Waals surface area contributed by atoms with E-state index in [-0.39, 0.29) is 45.2 Å². The van der Waals surface area contributed by atoms with Crippen LogP contribution in [0.4, 0.5) is 34.1 Å². The van der Waals surface area contributed by atoms with Gasteiger partial charge in [-0.05, 0) is 310 Å². The van der Waals surface area contributed by atoms with Crippen LogP contribution in [0.15, 0.2) is 269 Å². The number of esters is 3. The van der Waals surface area contributed by atoms with E-state index >= 15 is 0 Å². The van der Waals surface area contributed by atoms with E-state index < -0.39 is 82.9 Å². The first kappa shape index (κ1) is 98.6. The number of carbonyl (C=O) groups is 9. The molecule has 127 heavy (non-hydrogen) atoms. The molecule has 0 aromatic heterocycles. The van der Waals surface area contributed by atoms with Crippen LogP contribution in [0.25, 0.3) is 0 Å². The van der Waals surface area contributed by atoms with Gasteiger partial charge in [0.2, 0.25) is 35.4 Å². The van der Waals surface area contributed by atoms with E-state index in [4.69, 9.17) is 83.0 Å². The summed E-state index contributed by atoms with van der Waals surface area (Å²) in [6, 6.07) is 68.1. The lowest BCUT2D eigenvalue weighted by molar-refractivity contribution is 0.0464. The maximum atomic E-state index is 12.4. The standard InChI is InChI=1S/2C16H18N2O3S.2C16H16N2O3.C15H16N2O3S.C15H14N2O3/c1-11-8-14(17)10-15(9-11)22(20,21)7-6-12-2-4-13(5-3-12)16(18)19;1-11-7-14(17)10-15(8-11)22(20,21)6-5-12-3-2-4-13(9-12)16(18)19;1-10-6-13(8-14(17)7-10)16(20)21-9-11-2-4-12(5-3-11)15(18)19;1-10-5-13(8-14(17)6-10)16(20)21-9-11-3-2-4-12(7-11)15(18)19;1-10-6-13(16)8-14(7-10)21(19,20)9-11-2-4-12(5-3-11)15(17)18;1-9-6-11(8-12(16)7-9)15(19)20-13-4-2-10(3-5-13)14(17)18/h2-5,8-10H,6-7,17H2,1H3,(H2,18,19);2-4,7-10H,5-6,17H2,1H3,(H2,18,19);2*2-8H,9,17H2,1H3,(H2,18,19);2-8H,9,16H2,1H3,(H2,17,18);2-8H,16H2,1H3,(H2,17,18). The molecule has 33 heteroatoms. The Kier molecular flexibility index (Phi) is 35.0. The van der Waals surface area contributed by atoms with Gasteiger partial charge in [0.25, 0.3) is 0 Å². The van der Waals surface area contributed by atoms with E-state index in [0.29, 0.717) is 114 Å². The third-order valence-electron chi connectivity index (χ3n) is 18.2. The summed E-state index contributed by atoms with van der Waals surface area (Å²) >= 11 is 0. The molecular weight excluding hydrogens is 1680 g/mol. The molecule has 0 unspecified atom stereocenters. The molecule has 24 N–H and O–H groups in total. The lowest BCUT2D eigenvalue weighted by Gasteiger charge is -2.07. The summed E-state index contributed by atoms with van der Waals surface area (Å²) in [5.74, 6) is -4.44. The zero-order valence-corrected chi connectivity index (χ0v) is 72.6. The molecule has 12 rings (SSSR count). The van der Waals surface area contributed by atoms with Crippen molar-refractivity contribution in [1.29, 1.82) is 0 Å². The molecule has 0 saturated carbocycles. The number of primary amides is 6. The van der Waals surface area contributed by atoms with Crippen molar-refractivity contribution in [3.05, 3.63) is 366 Å². The van der Waals surface area contributed by atoms with Crippen molar-refractivity contribution in [1.82, 2.24) is 0 Å². The topological polar surface area (TPSA) is 596 Å². The molecule has 6 amide bonds. The van der Waals surface area contributed by atoms with Crippen molar-refractivity contribution in [3.63, 3.8) is 0 Å². The highest BCUT2D eigenvalue weighted by molar-refractivity contribution is 7.91. The molecule has 0 spiro atoms. The predicted octanol–water partition coefficient (Wildman–Crippen LogP) is 11.0. The minimum absolute atomic E-state index is 0.0220. The maximum absolute atomic E-state index is 12.4. The van der Waals surface area contributed by atoms with Crippen molar-refractivity contribution in [2.24, 2.45) is 34.4 Å². The first-order valence-corrected chi connectivity index (χ1v) is 43.5. The Labute approximate surface area is 735 Å². The van der Waals surface area contributed by atoms with Crippen molar-refractivity contribution >= 4 is 117 Å². The van der Waals surface area contributed by atoms with Gasteiger partial charge in [0.1, 0.15) is 19.0 Å². The number of rotatable bonds is 25. The number of amides is 6. The molecule has 0 bridgehead atoms. The number of anilines is 6. The van der Waals surface area contributed by atoms with E-state index in [0.717, 1.165) is 50.1 Å². The van der Waals surface area contributed by atoms with Gasteiger partial charge in [-0.15, -0.1) is 0 Å². The normalized spacial score (nSPS) is 10.7. The Morgan fingerprint density at radius 1 is 0.252 bits per heavy atom. The van der Waals surface area contributed by atoms with Crippen LogP contribution in [0, 0.1) is 41.5 Å². The molecule has 30 nitrogen and oxygen atoms in total. The van der Waals surface area contributed by atoms with Crippen LogP contribution in [0.2, 0.25) is 0 Å². The molecule has 0 saturated heterocycles. The number of nitrogen functional groups attached to an aromatic ring is 6. The van der Waals surface area contributed by atoms with Gasteiger partial charge in [0, 0.05) is 67.5 Å². The van der Waals surface area contributed by atoms with Crippen molar-refractivity contribution < 1.29 is 82.6 Å². The van der Waals surface area contributed by atoms with Crippen LogP contribution < -0.4 is 73.5 Å². The first-order chi connectivity index (χ1) is 59.7. The monoisotopic (exact) mass is 1780 g/mol. The summed E-state index contributed by atoms with van der Waals surface area (Å²) in [5, 5.41) is 0. The fourth-order valence-electron chi connectivity index (χ4n) is 12.1. The highest BCUT2D eigenvalue weighted by atomic mass is 32.2. The third kappa shape index (κ3) is 32.0. The Bertz CT molecular complexity index is 6310. The summed E-state index contributed by atoms with van der Waals surface area (Å²) in [7, 11) is -10.3. The van der Waals surface area contributed by atoms with Crippen LogP contribution in [-0.2, 0) is 70.8 Å². The molecule has 0 atom stereocenters. The molecule has 0 radical (unpaired) electrons. The van der Waals surface area contributed by atoms with Crippen LogP contribution in [-0.4, -0.2) is 90.1 Å². The molecule has 12 aromatic carbocycles. The van der Waals surface area contributed by atoms with Crippen molar-refractivity contribution in [3.8, 4) is 5.75 Å². The van der Waals surface area contributed by atoms with E-state index in [1.807, 2.05) is 20.8 Å². The zero-order valence-electron chi connectivity index (χ0n) is 70.2. The number of carbonyl (C=O) groups excluding carboxylic acids is 9. The number of benzene rings is 12. The van der Waals surface area contributed by atoms with Gasteiger partial charge in [-0.3, -0.25) is 28.8 Å². The maximum Gasteiger partial charge on any atom is 0.343 e. The number of hydrogen-bond donors (Lipinski definition) is 12. The van der Waals surface area contributed by atoms with E-state index in [2.05, 4.69) is 0 Å². The Morgan fingerprint density at radius 2 is 0.528 bits per heavy atom. The highest BCUT2D eigenvalue weighted by Gasteiger charge is 2.21. The van der Waals surface area contributed by atoms with Gasteiger partial charge in [-0.1, -0.05) is 60.7 Å². The quantitative estimate of drug-likeness (QED) is 0.0144. The zero-order chi connectivity index (χ0) is 93.8. The molecule has 660 valence electrons. The van der Waals surface area contributed by atoms with Gasteiger partial charge in [-0.2, -0.15) is 0 Å². The molecule has 0 aliphatic rings. The fourth-order valence-corrected chi connectivity index (χ4v) is 16.4. The first-order valence-electron chi connectivity index (χ1n) is 38.5. The van der Waals surface area contributed by atoms with Crippen LogP contribution >= 0.6 is 0 Å².